The van der Waals surface area contributed by atoms with Crippen molar-refractivity contribution < 1.29 is 9.84 Å². The van der Waals surface area contributed by atoms with Crippen molar-refractivity contribution in [2.24, 2.45) is 0 Å². The zero-order valence-electron chi connectivity index (χ0n) is 14.0. The maximum atomic E-state index is 8.93. The van der Waals surface area contributed by atoms with E-state index in [1.807, 2.05) is 0 Å². The van der Waals surface area contributed by atoms with Crippen molar-refractivity contribution in [2.75, 3.05) is 6.61 Å². The minimum atomic E-state index is -0.600. The van der Waals surface area contributed by atoms with Gasteiger partial charge in [0.1, 0.15) is 0 Å². The number of unbranched alkanes of at least 4 members (excludes halogenated alkanes) is 13. The van der Waals surface area contributed by atoms with Gasteiger partial charge in [-0.2, -0.15) is 0 Å². The van der Waals surface area contributed by atoms with Gasteiger partial charge in [0.05, 0.1) is 0 Å². The summed E-state index contributed by atoms with van der Waals surface area (Å²) >= 11 is 0. The van der Waals surface area contributed by atoms with E-state index in [4.69, 9.17) is 9.84 Å². The Balaban J connectivity index is 2.92. The predicted molar refractivity (Wildman–Crippen MR) is 87.9 cm³/mol. The monoisotopic (exact) mass is 286 g/mol. The second-order valence-corrected chi connectivity index (χ2v) is 6.07. The lowest BCUT2D eigenvalue weighted by Gasteiger charge is -2.06. The molecule has 0 saturated heterocycles. The van der Waals surface area contributed by atoms with Gasteiger partial charge in [0.15, 0.2) is 6.29 Å². The van der Waals surface area contributed by atoms with Crippen molar-refractivity contribution in [2.45, 2.75) is 110 Å². The van der Waals surface area contributed by atoms with Gasteiger partial charge < -0.3 is 9.84 Å². The summed E-state index contributed by atoms with van der Waals surface area (Å²) in [6.45, 7) is 4.65. The third-order valence-corrected chi connectivity index (χ3v) is 3.86. The summed E-state index contributed by atoms with van der Waals surface area (Å²) in [5.74, 6) is 0. The maximum absolute atomic E-state index is 8.93. The predicted octanol–water partition coefficient (Wildman–Crippen LogP) is 5.82. The van der Waals surface area contributed by atoms with Crippen LogP contribution in [-0.4, -0.2) is 18.0 Å². The number of hydrogen-bond donors (Lipinski definition) is 1. The van der Waals surface area contributed by atoms with Crippen LogP contribution in [0.1, 0.15) is 104 Å². The summed E-state index contributed by atoms with van der Waals surface area (Å²) in [6.07, 6.45) is 18.6. The Morgan fingerprint density at radius 3 is 1.35 bits per heavy atom. The van der Waals surface area contributed by atoms with Gasteiger partial charge in [-0.1, -0.05) is 90.4 Å². The normalized spacial score (nSPS) is 12.8. The molecule has 1 atom stereocenters. The van der Waals surface area contributed by atoms with Crippen LogP contribution in [0.2, 0.25) is 0 Å². The van der Waals surface area contributed by atoms with Crippen LogP contribution in [0.5, 0.6) is 0 Å². The third-order valence-electron chi connectivity index (χ3n) is 3.86. The van der Waals surface area contributed by atoms with Gasteiger partial charge in [0.2, 0.25) is 0 Å². The van der Waals surface area contributed by atoms with Gasteiger partial charge in [0, 0.05) is 6.61 Å². The first kappa shape index (κ1) is 19.9. The van der Waals surface area contributed by atoms with E-state index in [1.165, 1.54) is 83.5 Å². The zero-order valence-corrected chi connectivity index (χ0v) is 14.0. The van der Waals surface area contributed by atoms with E-state index in [1.54, 1.807) is 6.92 Å². The molecule has 2 nitrogen and oxygen atoms in total. The second-order valence-electron chi connectivity index (χ2n) is 6.07. The largest absolute Gasteiger partial charge is 0.368 e. The van der Waals surface area contributed by atoms with Crippen LogP contribution in [0.3, 0.4) is 0 Å². The molecule has 0 heterocycles. The van der Waals surface area contributed by atoms with E-state index < -0.39 is 6.29 Å². The molecule has 0 spiro atoms. The van der Waals surface area contributed by atoms with E-state index in [9.17, 15) is 0 Å². The molecule has 0 aliphatic rings. The summed E-state index contributed by atoms with van der Waals surface area (Å²) < 4.78 is 5.10. The van der Waals surface area contributed by atoms with Crippen LogP contribution in [0.15, 0.2) is 0 Å². The van der Waals surface area contributed by atoms with E-state index in [2.05, 4.69) is 6.92 Å². The highest BCUT2D eigenvalue weighted by Gasteiger charge is 1.96. The minimum absolute atomic E-state index is 0.600. The molecule has 1 unspecified atom stereocenters. The molecule has 2 heteroatoms. The van der Waals surface area contributed by atoms with Crippen LogP contribution in [0.25, 0.3) is 0 Å². The smallest absolute Gasteiger partial charge is 0.151 e. The first-order chi connectivity index (χ1) is 9.77. The molecular weight excluding hydrogens is 248 g/mol. The highest BCUT2D eigenvalue weighted by atomic mass is 16.6. The molecular formula is C18H38O2. The molecule has 0 radical (unpaired) electrons. The standard InChI is InChI=1S/C18H38O2/c1-3-4-5-6-7-8-9-10-11-12-13-14-15-16-17-20-18(2)19/h18-19H,3-17H2,1-2H3. The molecule has 0 aliphatic heterocycles. The number of ether oxygens (including phenoxy) is 1. The van der Waals surface area contributed by atoms with E-state index >= 15 is 0 Å². The lowest BCUT2D eigenvalue weighted by molar-refractivity contribution is -0.0859. The van der Waals surface area contributed by atoms with Gasteiger partial charge in [-0.05, 0) is 13.3 Å². The Morgan fingerprint density at radius 1 is 0.650 bits per heavy atom. The van der Waals surface area contributed by atoms with Gasteiger partial charge in [-0.3, -0.25) is 0 Å². The molecule has 0 bridgehead atoms. The minimum Gasteiger partial charge on any atom is -0.368 e. The molecule has 0 rings (SSSR count). The fraction of sp³-hybridized carbons (Fsp3) is 1.00. The Kier molecular flexibility index (Phi) is 16.9. The number of hydrogen-bond acceptors (Lipinski definition) is 2. The lowest BCUT2D eigenvalue weighted by atomic mass is 10.0. The van der Waals surface area contributed by atoms with E-state index in [-0.39, 0.29) is 0 Å². The number of rotatable bonds is 16. The summed E-state index contributed by atoms with van der Waals surface area (Å²) in [5, 5.41) is 8.93. The second kappa shape index (κ2) is 17.0. The first-order valence-corrected chi connectivity index (χ1v) is 9.07. The van der Waals surface area contributed by atoms with Gasteiger partial charge in [-0.25, -0.2) is 0 Å². The first-order valence-electron chi connectivity index (χ1n) is 9.07. The van der Waals surface area contributed by atoms with Crippen LogP contribution < -0.4 is 0 Å². The summed E-state index contributed by atoms with van der Waals surface area (Å²) in [7, 11) is 0. The van der Waals surface area contributed by atoms with Crippen LogP contribution in [-0.2, 0) is 4.74 Å². The van der Waals surface area contributed by atoms with Crippen LogP contribution in [0, 0.1) is 0 Å². The van der Waals surface area contributed by atoms with Crippen molar-refractivity contribution in [3.8, 4) is 0 Å². The molecule has 122 valence electrons. The fourth-order valence-electron chi connectivity index (χ4n) is 2.55. The third kappa shape index (κ3) is 17.9. The van der Waals surface area contributed by atoms with Crippen molar-refractivity contribution in [3.05, 3.63) is 0 Å². The van der Waals surface area contributed by atoms with Crippen molar-refractivity contribution in [1.29, 1.82) is 0 Å². The average Bonchev–Trinajstić information content (AvgIpc) is 2.43. The molecule has 0 amide bonds. The lowest BCUT2D eigenvalue weighted by Crippen LogP contribution is -2.06. The summed E-state index contributed by atoms with van der Waals surface area (Å²) in [6, 6.07) is 0. The van der Waals surface area contributed by atoms with Crippen LogP contribution in [0.4, 0.5) is 0 Å². The Labute approximate surface area is 127 Å². The Bertz CT molecular complexity index is 169. The average molecular weight is 286 g/mol. The molecule has 0 aromatic heterocycles. The van der Waals surface area contributed by atoms with E-state index in [0.29, 0.717) is 6.61 Å². The van der Waals surface area contributed by atoms with Gasteiger partial charge >= 0.3 is 0 Å². The summed E-state index contributed by atoms with van der Waals surface area (Å²) in [4.78, 5) is 0. The molecule has 0 saturated carbocycles. The molecule has 20 heavy (non-hydrogen) atoms. The van der Waals surface area contributed by atoms with Crippen LogP contribution >= 0.6 is 0 Å². The highest BCUT2D eigenvalue weighted by molar-refractivity contribution is 4.49. The van der Waals surface area contributed by atoms with Crippen molar-refractivity contribution in [3.63, 3.8) is 0 Å². The molecule has 1 N–H and O–H groups in total. The highest BCUT2D eigenvalue weighted by Crippen LogP contribution is 2.12. The number of aliphatic hydroxyl groups excluding tert-OH is 1. The van der Waals surface area contributed by atoms with Gasteiger partial charge in [0.25, 0.3) is 0 Å². The zero-order chi connectivity index (χ0) is 14.9. The molecule has 0 fully saturated rings. The molecule has 0 aliphatic carbocycles. The van der Waals surface area contributed by atoms with Crippen molar-refractivity contribution in [1.82, 2.24) is 0 Å². The fourth-order valence-corrected chi connectivity index (χ4v) is 2.55. The summed E-state index contributed by atoms with van der Waals surface area (Å²) in [5.41, 5.74) is 0. The Hall–Kier alpha value is -0.0800. The van der Waals surface area contributed by atoms with Gasteiger partial charge in [-0.15, -0.1) is 0 Å². The molecule has 0 aromatic rings. The van der Waals surface area contributed by atoms with Crippen molar-refractivity contribution >= 4 is 0 Å². The topological polar surface area (TPSA) is 29.5 Å². The molecule has 0 aromatic carbocycles. The quantitative estimate of drug-likeness (QED) is 0.286. The maximum Gasteiger partial charge on any atom is 0.151 e. The SMILES string of the molecule is CCCCCCCCCCCCCCCCOC(C)O. The van der Waals surface area contributed by atoms with E-state index in [0.717, 1.165) is 6.42 Å². The number of aliphatic hydroxyl groups is 1. The Morgan fingerprint density at radius 2 is 1.00 bits per heavy atom.